The van der Waals surface area contributed by atoms with Crippen LogP contribution in [-0.2, 0) is 28.5 Å². The number of carboxylic acid groups (broad SMARTS) is 1. The molecule has 9 N–H and O–H groups in total. The Balaban J connectivity index is 1.60. The van der Waals surface area contributed by atoms with Gasteiger partial charge in [0.05, 0.1) is 12.7 Å². The van der Waals surface area contributed by atoms with Gasteiger partial charge in [-0.3, -0.25) is 0 Å². The Morgan fingerprint density at radius 3 is 2.00 bits per heavy atom. The lowest BCUT2D eigenvalue weighted by molar-refractivity contribution is -0.363. The van der Waals surface area contributed by atoms with Gasteiger partial charge in [-0.2, -0.15) is 0 Å². The molecule has 3 saturated heterocycles. The second-order valence-electron chi connectivity index (χ2n) is 7.91. The monoisotopic (exact) mass is 472 g/mol. The molecule has 15 nitrogen and oxygen atoms in total. The zero-order valence-corrected chi connectivity index (χ0v) is 16.8. The van der Waals surface area contributed by atoms with Crippen LogP contribution in [0.5, 0.6) is 0 Å². The number of aliphatic hydroxyl groups excluding tert-OH is 8. The number of hydrogen-bond acceptors (Lipinski definition) is 14. The summed E-state index contributed by atoms with van der Waals surface area (Å²) in [5.41, 5.74) is 0. The summed E-state index contributed by atoms with van der Waals surface area (Å²) in [7, 11) is 0. The van der Waals surface area contributed by atoms with E-state index in [2.05, 4.69) is 0 Å². The van der Waals surface area contributed by atoms with E-state index in [0.29, 0.717) is 0 Å². The molecule has 3 rings (SSSR count). The molecule has 0 aromatic heterocycles. The van der Waals surface area contributed by atoms with E-state index in [1.807, 2.05) is 0 Å². The van der Waals surface area contributed by atoms with Crippen molar-refractivity contribution >= 4 is 5.97 Å². The minimum Gasteiger partial charge on any atom is -0.479 e. The largest absolute Gasteiger partial charge is 0.479 e. The number of carboxylic acids is 1. The lowest BCUT2D eigenvalue weighted by Gasteiger charge is -2.45. The van der Waals surface area contributed by atoms with Crippen molar-refractivity contribution in [2.24, 2.45) is 0 Å². The van der Waals surface area contributed by atoms with E-state index in [-0.39, 0.29) is 0 Å². The predicted octanol–water partition coefficient (Wildman–Crippen LogP) is -5.81. The number of aliphatic carboxylic acids is 1. The van der Waals surface area contributed by atoms with Crippen LogP contribution in [0.15, 0.2) is 0 Å². The molecular weight excluding hydrogens is 444 g/mol. The van der Waals surface area contributed by atoms with Crippen molar-refractivity contribution in [2.45, 2.75) is 92.9 Å². The molecule has 32 heavy (non-hydrogen) atoms. The van der Waals surface area contributed by atoms with Crippen LogP contribution in [0.3, 0.4) is 0 Å². The van der Waals surface area contributed by atoms with Crippen molar-refractivity contribution < 1.29 is 74.4 Å². The van der Waals surface area contributed by atoms with Crippen LogP contribution in [-0.4, -0.2) is 145 Å². The predicted molar refractivity (Wildman–Crippen MR) is 94.4 cm³/mol. The van der Waals surface area contributed by atoms with Gasteiger partial charge in [0.25, 0.3) is 0 Å². The van der Waals surface area contributed by atoms with E-state index in [0.717, 1.165) is 0 Å². The normalized spacial score (nSPS) is 52.5. The van der Waals surface area contributed by atoms with Gasteiger partial charge in [0.1, 0.15) is 54.9 Å². The average molecular weight is 472 g/mol. The summed E-state index contributed by atoms with van der Waals surface area (Å²) in [6, 6.07) is 0. The molecule has 186 valence electrons. The summed E-state index contributed by atoms with van der Waals surface area (Å²) in [4.78, 5) is 11.0. The molecule has 0 aliphatic carbocycles. The summed E-state index contributed by atoms with van der Waals surface area (Å²) >= 11 is 0. The van der Waals surface area contributed by atoms with Crippen molar-refractivity contribution in [3.63, 3.8) is 0 Å². The van der Waals surface area contributed by atoms with Gasteiger partial charge in [0.15, 0.2) is 25.0 Å². The van der Waals surface area contributed by atoms with Gasteiger partial charge in [-0.15, -0.1) is 0 Å². The van der Waals surface area contributed by atoms with Crippen LogP contribution in [0.2, 0.25) is 0 Å². The zero-order chi connectivity index (χ0) is 23.9. The van der Waals surface area contributed by atoms with Crippen LogP contribution in [0.4, 0.5) is 0 Å². The van der Waals surface area contributed by atoms with Crippen molar-refractivity contribution in [3.05, 3.63) is 0 Å². The standard InChI is InChI=1S/C17H28O15/c1-3-5(18)7(20)11(24)17(29-3)30-4-2-28-16(10(23)6(4)19)32-13-9(22)8(21)12(14(25)26)31-15(13)27/h3-13,15-24,27H,2H2,1H3,(H,25,26)/t3-,4+,5-,6-,7+,8-,9-,10+,11+,12-,13+,15+,16-,17-/m0/s1. The molecule has 3 heterocycles. The maximum atomic E-state index is 11.0. The fourth-order valence-electron chi connectivity index (χ4n) is 3.66. The Bertz CT molecular complexity index is 649. The van der Waals surface area contributed by atoms with Crippen LogP contribution >= 0.6 is 0 Å². The molecule has 0 aromatic carbocycles. The summed E-state index contributed by atoms with van der Waals surface area (Å²) < 4.78 is 25.9. The van der Waals surface area contributed by atoms with Gasteiger partial charge >= 0.3 is 5.97 Å². The Morgan fingerprint density at radius 2 is 1.38 bits per heavy atom. The molecule has 3 fully saturated rings. The first-order valence-electron chi connectivity index (χ1n) is 9.84. The van der Waals surface area contributed by atoms with Gasteiger partial charge in [-0.25, -0.2) is 4.79 Å². The average Bonchev–Trinajstić information content (AvgIpc) is 2.74. The lowest BCUT2D eigenvalue weighted by Crippen LogP contribution is -2.64. The third kappa shape index (κ3) is 4.90. The maximum Gasteiger partial charge on any atom is 0.335 e. The molecule has 14 atom stereocenters. The van der Waals surface area contributed by atoms with Gasteiger partial charge in [-0.1, -0.05) is 0 Å². The first-order chi connectivity index (χ1) is 14.9. The minimum absolute atomic E-state index is 0.442. The van der Waals surface area contributed by atoms with Crippen molar-refractivity contribution in [1.82, 2.24) is 0 Å². The number of aliphatic hydroxyl groups is 8. The van der Waals surface area contributed by atoms with E-state index in [1.54, 1.807) is 0 Å². The number of ether oxygens (including phenoxy) is 5. The fraction of sp³-hybridized carbons (Fsp3) is 0.941. The second kappa shape index (κ2) is 10.1. The molecule has 0 unspecified atom stereocenters. The summed E-state index contributed by atoms with van der Waals surface area (Å²) in [6.07, 6.45) is -23.0. The number of rotatable bonds is 5. The molecule has 3 aliphatic heterocycles. The molecule has 0 spiro atoms. The Labute approximate surface area is 180 Å². The topological polar surface area (TPSA) is 245 Å². The van der Waals surface area contributed by atoms with Crippen molar-refractivity contribution in [1.29, 1.82) is 0 Å². The molecule has 3 aliphatic rings. The van der Waals surface area contributed by atoms with Crippen molar-refractivity contribution in [2.75, 3.05) is 6.61 Å². The van der Waals surface area contributed by atoms with E-state index in [1.165, 1.54) is 6.92 Å². The maximum absolute atomic E-state index is 11.0. The molecule has 0 aromatic rings. The lowest BCUT2D eigenvalue weighted by atomic mass is 9.98. The highest BCUT2D eigenvalue weighted by Crippen LogP contribution is 2.29. The van der Waals surface area contributed by atoms with Gasteiger partial charge in [0.2, 0.25) is 0 Å². The van der Waals surface area contributed by atoms with E-state index in [4.69, 9.17) is 28.8 Å². The number of carbonyl (C=O) groups is 1. The molecular formula is C17H28O15. The zero-order valence-electron chi connectivity index (χ0n) is 16.8. The first kappa shape index (κ1) is 25.6. The highest BCUT2D eigenvalue weighted by atomic mass is 16.7. The van der Waals surface area contributed by atoms with Gasteiger partial charge in [0, 0.05) is 0 Å². The first-order valence-corrected chi connectivity index (χ1v) is 9.84. The quantitative estimate of drug-likeness (QED) is 0.181. The third-order valence-electron chi connectivity index (χ3n) is 5.65. The summed E-state index contributed by atoms with van der Waals surface area (Å²) in [5, 5.41) is 89.1. The van der Waals surface area contributed by atoms with E-state index in [9.17, 15) is 45.6 Å². The summed E-state index contributed by atoms with van der Waals surface area (Å²) in [5.74, 6) is -1.63. The highest BCUT2D eigenvalue weighted by molar-refractivity contribution is 5.73. The molecule has 0 bridgehead atoms. The second-order valence-corrected chi connectivity index (χ2v) is 7.91. The Kier molecular flexibility index (Phi) is 8.04. The van der Waals surface area contributed by atoms with Crippen LogP contribution < -0.4 is 0 Å². The van der Waals surface area contributed by atoms with Crippen LogP contribution in [0, 0.1) is 0 Å². The smallest absolute Gasteiger partial charge is 0.335 e. The molecule has 0 amide bonds. The highest BCUT2D eigenvalue weighted by Gasteiger charge is 2.51. The SMILES string of the molecule is C[C@@H]1O[C@@H](O[C@@H]2CO[C@@H](O[C@@H]3[C@@H](O)[C@H](O)[C@@H](C(=O)O)O[C@H]3O)[C@H](O)[C@H]2O)[C@H](O)[C@H](O)[C@H]1O. The molecule has 0 saturated carbocycles. The van der Waals surface area contributed by atoms with Crippen LogP contribution in [0.1, 0.15) is 6.92 Å². The van der Waals surface area contributed by atoms with E-state index < -0.39 is 98.6 Å². The van der Waals surface area contributed by atoms with Crippen molar-refractivity contribution in [3.8, 4) is 0 Å². The minimum atomic E-state index is -2.00. The molecule has 15 heteroatoms. The third-order valence-corrected chi connectivity index (χ3v) is 5.65. The van der Waals surface area contributed by atoms with Gasteiger partial charge in [-0.05, 0) is 6.92 Å². The van der Waals surface area contributed by atoms with Gasteiger partial charge < -0.3 is 69.6 Å². The Hall–Kier alpha value is -1.05. The summed E-state index contributed by atoms with van der Waals surface area (Å²) in [6.45, 7) is 0.984. The van der Waals surface area contributed by atoms with Crippen LogP contribution in [0.25, 0.3) is 0 Å². The molecule has 0 radical (unpaired) electrons. The number of hydrogen-bond donors (Lipinski definition) is 9. The fourth-order valence-corrected chi connectivity index (χ4v) is 3.66. The van der Waals surface area contributed by atoms with E-state index >= 15 is 0 Å². The Morgan fingerprint density at radius 1 is 0.750 bits per heavy atom.